The van der Waals surface area contributed by atoms with Crippen molar-refractivity contribution in [2.45, 2.75) is 82.2 Å². The minimum absolute atomic E-state index is 0.00793. The van der Waals surface area contributed by atoms with Gasteiger partial charge in [-0.05, 0) is 56.6 Å². The molecular weight excluding hydrogens is 412 g/mol. The van der Waals surface area contributed by atoms with Crippen molar-refractivity contribution in [3.63, 3.8) is 0 Å². The van der Waals surface area contributed by atoms with Crippen LogP contribution in [0.1, 0.15) is 70.6 Å². The predicted molar refractivity (Wildman–Crippen MR) is 123 cm³/mol. The van der Waals surface area contributed by atoms with Crippen LogP contribution in [0, 0.1) is 5.92 Å². The molecule has 1 heterocycles. The van der Waals surface area contributed by atoms with Crippen molar-refractivity contribution < 1.29 is 9.59 Å². The van der Waals surface area contributed by atoms with Crippen molar-refractivity contribution in [2.75, 3.05) is 13.1 Å². The molecular formula is C24H35ClN4O2. The first-order valence-electron chi connectivity index (χ1n) is 11.9. The second-order valence-corrected chi connectivity index (χ2v) is 10.1. The second kappa shape index (κ2) is 9.78. The molecule has 7 heteroatoms. The summed E-state index contributed by atoms with van der Waals surface area (Å²) >= 11 is 6.56. The van der Waals surface area contributed by atoms with E-state index in [9.17, 15) is 9.59 Å². The highest BCUT2D eigenvalue weighted by atomic mass is 35.5. The largest absolute Gasteiger partial charge is 0.338 e. The topological polar surface area (TPSA) is 87.5 Å². The Morgan fingerprint density at radius 1 is 1.10 bits per heavy atom. The Kier molecular flexibility index (Phi) is 7.07. The molecule has 4 aliphatic rings. The van der Waals surface area contributed by atoms with E-state index in [2.05, 4.69) is 10.6 Å². The number of rotatable bonds is 3. The summed E-state index contributed by atoms with van der Waals surface area (Å²) in [5.74, 6) is 0.363. The smallest absolute Gasteiger partial charge is 0.319 e. The molecule has 2 atom stereocenters. The standard InChI is InChI=1S/C24H35ClN4O2/c25-21-15-19(28-23(31)27-18-8-2-1-3-9-18)10-6-11-20(21)22(30)29-14-13-24(26)12-5-4-7-17(24)16-29/h6,10,15,17-18H,1-5,7-9,11-14,16,26H2,(H2,27,28,31). The molecule has 31 heavy (non-hydrogen) atoms. The van der Waals surface area contributed by atoms with Crippen molar-refractivity contribution in [2.24, 2.45) is 11.7 Å². The highest BCUT2D eigenvalue weighted by Gasteiger charge is 2.42. The number of allylic oxidation sites excluding steroid dienone is 4. The quantitative estimate of drug-likeness (QED) is 0.610. The van der Waals surface area contributed by atoms with Gasteiger partial charge in [0.25, 0.3) is 5.91 Å². The van der Waals surface area contributed by atoms with E-state index in [-0.39, 0.29) is 23.5 Å². The Labute approximate surface area is 190 Å². The number of fused-ring (bicyclic) bond motifs is 1. The number of carbonyl (C=O) groups is 2. The first-order chi connectivity index (χ1) is 14.9. The fourth-order valence-corrected chi connectivity index (χ4v) is 5.83. The van der Waals surface area contributed by atoms with E-state index < -0.39 is 0 Å². The molecule has 0 bridgehead atoms. The summed E-state index contributed by atoms with van der Waals surface area (Å²) in [6.07, 6.45) is 16.9. The summed E-state index contributed by atoms with van der Waals surface area (Å²) in [5.41, 5.74) is 7.72. The summed E-state index contributed by atoms with van der Waals surface area (Å²) in [6.45, 7) is 1.40. The van der Waals surface area contributed by atoms with Crippen LogP contribution in [0.15, 0.2) is 34.5 Å². The number of halogens is 1. The van der Waals surface area contributed by atoms with Crippen molar-refractivity contribution >= 4 is 23.5 Å². The van der Waals surface area contributed by atoms with Crippen LogP contribution in [0.5, 0.6) is 0 Å². The lowest BCUT2D eigenvalue weighted by molar-refractivity contribution is -0.130. The predicted octanol–water partition coefficient (Wildman–Crippen LogP) is 4.08. The zero-order valence-corrected chi connectivity index (χ0v) is 19.1. The summed E-state index contributed by atoms with van der Waals surface area (Å²) in [6, 6.07) is 0.0236. The Morgan fingerprint density at radius 3 is 2.68 bits per heavy atom. The lowest BCUT2D eigenvalue weighted by atomic mass is 9.69. The van der Waals surface area contributed by atoms with Gasteiger partial charge in [0.15, 0.2) is 0 Å². The van der Waals surface area contributed by atoms with E-state index in [4.69, 9.17) is 17.3 Å². The summed E-state index contributed by atoms with van der Waals surface area (Å²) < 4.78 is 0. The number of likely N-dealkylation sites (tertiary alicyclic amines) is 1. The third-order valence-corrected chi connectivity index (χ3v) is 7.82. The van der Waals surface area contributed by atoms with Gasteiger partial charge in [-0.3, -0.25) is 4.79 Å². The molecule has 6 nitrogen and oxygen atoms in total. The van der Waals surface area contributed by atoms with E-state index in [0.717, 1.165) is 44.9 Å². The number of amides is 3. The minimum atomic E-state index is -0.213. The van der Waals surface area contributed by atoms with E-state index >= 15 is 0 Å². The lowest BCUT2D eigenvalue weighted by Crippen LogP contribution is -2.59. The number of carbonyl (C=O) groups excluding carboxylic acids is 2. The number of hydrogen-bond donors (Lipinski definition) is 3. The fourth-order valence-electron chi connectivity index (χ4n) is 5.55. The summed E-state index contributed by atoms with van der Waals surface area (Å²) in [7, 11) is 0. The molecule has 1 saturated heterocycles. The average Bonchev–Trinajstić information content (AvgIpc) is 2.94. The fraction of sp³-hybridized carbons (Fsp3) is 0.667. The van der Waals surface area contributed by atoms with Crippen LogP contribution < -0.4 is 16.4 Å². The van der Waals surface area contributed by atoms with Gasteiger partial charge in [-0.1, -0.05) is 49.8 Å². The maximum atomic E-state index is 13.3. The zero-order chi connectivity index (χ0) is 21.8. The maximum absolute atomic E-state index is 13.3. The number of nitrogens with zero attached hydrogens (tertiary/aromatic N) is 1. The van der Waals surface area contributed by atoms with Crippen molar-refractivity contribution in [3.05, 3.63) is 34.5 Å². The van der Waals surface area contributed by atoms with Gasteiger partial charge in [-0.25, -0.2) is 4.79 Å². The molecule has 0 radical (unpaired) electrons. The van der Waals surface area contributed by atoms with E-state index in [1.165, 1.54) is 19.3 Å². The van der Waals surface area contributed by atoms with Crippen LogP contribution in [0.3, 0.4) is 0 Å². The van der Waals surface area contributed by atoms with Gasteiger partial charge in [-0.15, -0.1) is 0 Å². The van der Waals surface area contributed by atoms with Gasteiger partial charge in [0.05, 0.1) is 5.03 Å². The molecule has 3 fully saturated rings. The van der Waals surface area contributed by atoms with E-state index in [1.54, 1.807) is 6.08 Å². The first kappa shape index (κ1) is 22.4. The van der Waals surface area contributed by atoms with Crippen LogP contribution in [-0.2, 0) is 4.79 Å². The van der Waals surface area contributed by atoms with Gasteiger partial charge in [0.2, 0.25) is 0 Å². The van der Waals surface area contributed by atoms with Crippen LogP contribution in [0.4, 0.5) is 4.79 Å². The van der Waals surface area contributed by atoms with Gasteiger partial charge in [-0.2, -0.15) is 0 Å². The molecule has 2 saturated carbocycles. The SMILES string of the molecule is NC12CCCCC1CN(C(=O)C1=C(Cl)C=C(NC(=O)NC3CCCCC3)C=CC1)CC2. The molecule has 3 amide bonds. The van der Waals surface area contributed by atoms with Crippen LogP contribution >= 0.6 is 11.6 Å². The molecule has 1 aliphatic heterocycles. The number of nitrogens with two attached hydrogens (primary N) is 1. The molecule has 0 aromatic carbocycles. The Morgan fingerprint density at radius 2 is 1.87 bits per heavy atom. The highest BCUT2D eigenvalue weighted by Crippen LogP contribution is 2.38. The average molecular weight is 447 g/mol. The Hall–Kier alpha value is -1.79. The van der Waals surface area contributed by atoms with Gasteiger partial charge < -0.3 is 21.3 Å². The van der Waals surface area contributed by atoms with Crippen molar-refractivity contribution in [1.82, 2.24) is 15.5 Å². The van der Waals surface area contributed by atoms with Crippen molar-refractivity contribution in [1.29, 1.82) is 0 Å². The maximum Gasteiger partial charge on any atom is 0.319 e. The van der Waals surface area contributed by atoms with Crippen LogP contribution in [-0.4, -0.2) is 41.5 Å². The molecule has 170 valence electrons. The molecule has 3 aliphatic carbocycles. The monoisotopic (exact) mass is 446 g/mol. The Bertz CT molecular complexity index is 799. The summed E-state index contributed by atoms with van der Waals surface area (Å²) in [5, 5.41) is 6.33. The van der Waals surface area contributed by atoms with Gasteiger partial charge in [0, 0.05) is 35.9 Å². The third kappa shape index (κ3) is 5.35. The zero-order valence-electron chi connectivity index (χ0n) is 18.3. The number of urea groups is 1. The normalized spacial score (nSPS) is 29.7. The minimum Gasteiger partial charge on any atom is -0.338 e. The molecule has 0 spiro atoms. The Balaban J connectivity index is 1.39. The van der Waals surface area contributed by atoms with Crippen LogP contribution in [0.25, 0.3) is 0 Å². The van der Waals surface area contributed by atoms with Crippen LogP contribution in [0.2, 0.25) is 0 Å². The second-order valence-electron chi connectivity index (χ2n) is 9.64. The van der Waals surface area contributed by atoms with Crippen molar-refractivity contribution in [3.8, 4) is 0 Å². The number of nitrogens with one attached hydrogen (secondary N) is 2. The molecule has 4 rings (SSSR count). The van der Waals surface area contributed by atoms with Gasteiger partial charge in [0.1, 0.15) is 0 Å². The van der Waals surface area contributed by atoms with E-state index in [1.807, 2.05) is 17.1 Å². The van der Waals surface area contributed by atoms with E-state index in [0.29, 0.717) is 41.7 Å². The summed E-state index contributed by atoms with van der Waals surface area (Å²) in [4.78, 5) is 27.6. The number of piperidine rings is 1. The highest BCUT2D eigenvalue weighted by molar-refractivity contribution is 6.33. The first-order valence-corrected chi connectivity index (χ1v) is 12.2. The third-order valence-electron chi connectivity index (χ3n) is 7.48. The molecule has 0 aromatic rings. The molecule has 2 unspecified atom stereocenters. The molecule has 0 aromatic heterocycles. The van der Waals surface area contributed by atoms with Gasteiger partial charge >= 0.3 is 6.03 Å². The molecule has 4 N–H and O–H groups in total. The number of hydrogen-bond acceptors (Lipinski definition) is 3. The lowest BCUT2D eigenvalue weighted by Gasteiger charge is -2.48.